The summed E-state index contributed by atoms with van der Waals surface area (Å²) < 4.78 is 0. The van der Waals surface area contributed by atoms with Gasteiger partial charge in [-0.05, 0) is 36.7 Å². The van der Waals surface area contributed by atoms with E-state index in [2.05, 4.69) is 44.2 Å². The van der Waals surface area contributed by atoms with Crippen LogP contribution in [0, 0.1) is 0 Å². The molecule has 0 saturated heterocycles. The topological polar surface area (TPSA) is 26.0 Å². The standard InChI is InChI=1S/C14H21N/c1-13(2,8-9-14(15)10-11-14)12-6-4-3-5-7-12/h3-7H,8-11,15H2,1-2H3. The summed E-state index contributed by atoms with van der Waals surface area (Å²) in [6.07, 6.45) is 4.79. The Morgan fingerprint density at radius 3 is 2.33 bits per heavy atom. The first-order chi connectivity index (χ1) is 7.02. The Balaban J connectivity index is 2.00. The monoisotopic (exact) mass is 203 g/mol. The summed E-state index contributed by atoms with van der Waals surface area (Å²) >= 11 is 0. The maximum absolute atomic E-state index is 6.13. The van der Waals surface area contributed by atoms with Gasteiger partial charge in [-0.1, -0.05) is 44.2 Å². The molecule has 0 aliphatic heterocycles. The molecule has 1 aromatic rings. The third-order valence-corrected chi connectivity index (χ3v) is 3.70. The van der Waals surface area contributed by atoms with Crippen molar-refractivity contribution in [2.24, 2.45) is 5.73 Å². The molecule has 0 radical (unpaired) electrons. The Kier molecular flexibility index (Phi) is 2.59. The van der Waals surface area contributed by atoms with Gasteiger partial charge in [0.25, 0.3) is 0 Å². The maximum Gasteiger partial charge on any atom is 0.0156 e. The second kappa shape index (κ2) is 3.64. The zero-order chi connectivity index (χ0) is 10.9. The predicted octanol–water partition coefficient (Wildman–Crippen LogP) is 3.24. The van der Waals surface area contributed by atoms with Gasteiger partial charge in [0.1, 0.15) is 0 Å². The number of benzene rings is 1. The van der Waals surface area contributed by atoms with E-state index in [9.17, 15) is 0 Å². The second-order valence-electron chi connectivity index (χ2n) is 5.61. The van der Waals surface area contributed by atoms with Crippen LogP contribution in [0.2, 0.25) is 0 Å². The molecule has 2 N–H and O–H groups in total. The van der Waals surface area contributed by atoms with Crippen molar-refractivity contribution in [2.45, 2.75) is 50.5 Å². The highest BCUT2D eigenvalue weighted by Gasteiger charge is 2.39. The molecule has 1 aromatic carbocycles. The van der Waals surface area contributed by atoms with Gasteiger partial charge in [0.2, 0.25) is 0 Å². The van der Waals surface area contributed by atoms with Gasteiger partial charge >= 0.3 is 0 Å². The van der Waals surface area contributed by atoms with E-state index in [0.29, 0.717) is 0 Å². The first-order valence-corrected chi connectivity index (χ1v) is 5.86. The van der Waals surface area contributed by atoms with Crippen molar-refractivity contribution < 1.29 is 0 Å². The fourth-order valence-corrected chi connectivity index (χ4v) is 2.01. The van der Waals surface area contributed by atoms with Crippen molar-refractivity contribution in [3.05, 3.63) is 35.9 Å². The Bertz CT molecular complexity index is 322. The van der Waals surface area contributed by atoms with E-state index in [-0.39, 0.29) is 11.0 Å². The lowest BCUT2D eigenvalue weighted by Gasteiger charge is -2.26. The number of rotatable bonds is 4. The van der Waals surface area contributed by atoms with E-state index in [1.54, 1.807) is 0 Å². The molecule has 0 aromatic heterocycles. The van der Waals surface area contributed by atoms with Gasteiger partial charge < -0.3 is 5.73 Å². The predicted molar refractivity (Wildman–Crippen MR) is 64.9 cm³/mol. The van der Waals surface area contributed by atoms with Crippen molar-refractivity contribution in [1.82, 2.24) is 0 Å². The zero-order valence-corrected chi connectivity index (χ0v) is 9.79. The zero-order valence-electron chi connectivity index (χ0n) is 9.79. The first kappa shape index (κ1) is 10.7. The lowest BCUT2D eigenvalue weighted by atomic mass is 9.79. The minimum atomic E-state index is 0.187. The van der Waals surface area contributed by atoms with Crippen molar-refractivity contribution in [3.8, 4) is 0 Å². The van der Waals surface area contributed by atoms with E-state index in [1.165, 1.54) is 24.8 Å². The van der Waals surface area contributed by atoms with Crippen LogP contribution in [0.25, 0.3) is 0 Å². The van der Waals surface area contributed by atoms with Gasteiger partial charge in [0.05, 0.1) is 0 Å². The highest BCUT2D eigenvalue weighted by Crippen LogP contribution is 2.40. The molecule has 0 atom stereocenters. The summed E-state index contributed by atoms with van der Waals surface area (Å²) in [4.78, 5) is 0. The molecule has 0 spiro atoms. The number of hydrogen-bond donors (Lipinski definition) is 1. The fourth-order valence-electron chi connectivity index (χ4n) is 2.01. The first-order valence-electron chi connectivity index (χ1n) is 5.86. The Hall–Kier alpha value is -0.820. The molecule has 1 saturated carbocycles. The molecular formula is C14H21N. The van der Waals surface area contributed by atoms with Crippen molar-refractivity contribution in [1.29, 1.82) is 0 Å². The molecule has 0 heterocycles. The molecular weight excluding hydrogens is 182 g/mol. The molecule has 1 aliphatic rings. The van der Waals surface area contributed by atoms with E-state index >= 15 is 0 Å². The number of hydrogen-bond acceptors (Lipinski definition) is 1. The second-order valence-corrected chi connectivity index (χ2v) is 5.61. The van der Waals surface area contributed by atoms with Crippen LogP contribution in [-0.2, 0) is 5.41 Å². The van der Waals surface area contributed by atoms with Crippen molar-refractivity contribution >= 4 is 0 Å². The van der Waals surface area contributed by atoms with Gasteiger partial charge in [0, 0.05) is 5.54 Å². The summed E-state index contributed by atoms with van der Waals surface area (Å²) in [5.74, 6) is 0. The van der Waals surface area contributed by atoms with Gasteiger partial charge in [-0.2, -0.15) is 0 Å². The molecule has 1 fully saturated rings. The van der Waals surface area contributed by atoms with Gasteiger partial charge in [-0.3, -0.25) is 0 Å². The van der Waals surface area contributed by atoms with Crippen LogP contribution < -0.4 is 5.73 Å². The molecule has 0 amide bonds. The van der Waals surface area contributed by atoms with Crippen molar-refractivity contribution in [2.75, 3.05) is 0 Å². The van der Waals surface area contributed by atoms with E-state index in [4.69, 9.17) is 5.73 Å². The average molecular weight is 203 g/mol. The van der Waals surface area contributed by atoms with Crippen LogP contribution in [0.15, 0.2) is 30.3 Å². The van der Waals surface area contributed by atoms with Crippen LogP contribution in [0.5, 0.6) is 0 Å². The summed E-state index contributed by atoms with van der Waals surface area (Å²) in [5, 5.41) is 0. The van der Waals surface area contributed by atoms with E-state index < -0.39 is 0 Å². The van der Waals surface area contributed by atoms with Crippen LogP contribution >= 0.6 is 0 Å². The lowest BCUT2D eigenvalue weighted by Crippen LogP contribution is -2.26. The van der Waals surface area contributed by atoms with Gasteiger partial charge in [0.15, 0.2) is 0 Å². The van der Waals surface area contributed by atoms with Crippen molar-refractivity contribution in [3.63, 3.8) is 0 Å². The van der Waals surface area contributed by atoms with Crippen LogP contribution in [0.3, 0.4) is 0 Å². The van der Waals surface area contributed by atoms with E-state index in [1.807, 2.05) is 0 Å². The Morgan fingerprint density at radius 1 is 1.20 bits per heavy atom. The summed E-state index contributed by atoms with van der Waals surface area (Å²) in [7, 11) is 0. The maximum atomic E-state index is 6.13. The SMILES string of the molecule is CC(C)(CCC1(N)CC1)c1ccccc1. The van der Waals surface area contributed by atoms with Gasteiger partial charge in [-0.15, -0.1) is 0 Å². The van der Waals surface area contributed by atoms with Crippen LogP contribution in [0.4, 0.5) is 0 Å². The normalized spacial score (nSPS) is 18.9. The largest absolute Gasteiger partial charge is 0.325 e. The lowest BCUT2D eigenvalue weighted by molar-refractivity contribution is 0.423. The molecule has 1 heteroatoms. The average Bonchev–Trinajstić information content (AvgIpc) is 2.96. The molecule has 82 valence electrons. The molecule has 15 heavy (non-hydrogen) atoms. The third kappa shape index (κ3) is 2.60. The molecule has 2 rings (SSSR count). The number of nitrogens with two attached hydrogens (primary N) is 1. The minimum absolute atomic E-state index is 0.187. The minimum Gasteiger partial charge on any atom is -0.325 e. The molecule has 1 aliphatic carbocycles. The van der Waals surface area contributed by atoms with Crippen LogP contribution in [0.1, 0.15) is 45.1 Å². The Labute approximate surface area is 92.7 Å². The Morgan fingerprint density at radius 2 is 1.80 bits per heavy atom. The third-order valence-electron chi connectivity index (χ3n) is 3.70. The van der Waals surface area contributed by atoms with E-state index in [0.717, 1.165) is 6.42 Å². The summed E-state index contributed by atoms with van der Waals surface area (Å²) in [5.41, 5.74) is 8.00. The molecule has 1 nitrogen and oxygen atoms in total. The highest BCUT2D eigenvalue weighted by atomic mass is 14.8. The molecule has 0 unspecified atom stereocenters. The smallest absolute Gasteiger partial charge is 0.0156 e. The highest BCUT2D eigenvalue weighted by molar-refractivity contribution is 5.23. The fraction of sp³-hybridized carbons (Fsp3) is 0.571. The summed E-state index contributed by atoms with van der Waals surface area (Å²) in [6.45, 7) is 4.63. The quantitative estimate of drug-likeness (QED) is 0.798. The molecule has 0 bridgehead atoms. The summed E-state index contributed by atoms with van der Waals surface area (Å²) in [6, 6.07) is 10.7. The van der Waals surface area contributed by atoms with Gasteiger partial charge in [-0.25, -0.2) is 0 Å². The van der Waals surface area contributed by atoms with Crippen LogP contribution in [-0.4, -0.2) is 5.54 Å².